The van der Waals surface area contributed by atoms with Gasteiger partial charge in [0.2, 0.25) is 0 Å². The lowest BCUT2D eigenvalue weighted by Gasteiger charge is -2.00. The summed E-state index contributed by atoms with van der Waals surface area (Å²) in [6.07, 6.45) is 1.54. The van der Waals surface area contributed by atoms with Crippen LogP contribution >= 0.6 is 0 Å². The summed E-state index contributed by atoms with van der Waals surface area (Å²) in [4.78, 5) is 27.8. The Morgan fingerprint density at radius 2 is 2.16 bits per heavy atom. The molecule has 0 aliphatic heterocycles. The van der Waals surface area contributed by atoms with Gasteiger partial charge in [0.1, 0.15) is 5.82 Å². The Morgan fingerprint density at radius 1 is 1.42 bits per heavy atom. The lowest BCUT2D eigenvalue weighted by Crippen LogP contribution is -2.01. The molecule has 0 aliphatic carbocycles. The van der Waals surface area contributed by atoms with Crippen LogP contribution in [0.3, 0.4) is 0 Å². The molecular weight excluding hydrogens is 250 g/mol. The Labute approximate surface area is 108 Å². The number of nitrogens with zero attached hydrogens (tertiary/aromatic N) is 2. The molecule has 2 N–H and O–H groups in total. The highest BCUT2D eigenvalue weighted by Crippen LogP contribution is 2.20. The predicted octanol–water partition coefficient (Wildman–Crippen LogP) is 1.54. The molecule has 0 unspecified atom stereocenters. The van der Waals surface area contributed by atoms with Crippen LogP contribution in [0, 0.1) is 10.1 Å². The minimum Gasteiger partial charge on any atom is -0.481 e. The van der Waals surface area contributed by atoms with Crippen LogP contribution in [-0.4, -0.2) is 26.0 Å². The van der Waals surface area contributed by atoms with E-state index in [0.717, 1.165) is 0 Å². The fourth-order valence-electron chi connectivity index (χ4n) is 1.77. The van der Waals surface area contributed by atoms with Gasteiger partial charge in [0.05, 0.1) is 11.3 Å². The summed E-state index contributed by atoms with van der Waals surface area (Å²) in [5.41, 5.74) is 1.03. The molecule has 0 radical (unpaired) electrons. The number of para-hydroxylation sites is 1. The van der Waals surface area contributed by atoms with E-state index in [9.17, 15) is 14.9 Å². The molecule has 98 valence electrons. The third-order valence-corrected chi connectivity index (χ3v) is 2.57. The monoisotopic (exact) mass is 261 g/mol. The van der Waals surface area contributed by atoms with E-state index in [2.05, 4.69) is 9.97 Å². The molecule has 0 aliphatic rings. The molecule has 7 heteroatoms. The van der Waals surface area contributed by atoms with Crippen molar-refractivity contribution in [1.29, 1.82) is 0 Å². The summed E-state index contributed by atoms with van der Waals surface area (Å²) in [5, 5.41) is 19.5. The van der Waals surface area contributed by atoms with Crippen molar-refractivity contribution in [3.8, 4) is 0 Å². The van der Waals surface area contributed by atoms with Crippen LogP contribution in [0.2, 0.25) is 0 Å². The highest BCUT2D eigenvalue weighted by Gasteiger charge is 2.14. The smallest absolute Gasteiger partial charge is 0.309 e. The summed E-state index contributed by atoms with van der Waals surface area (Å²) in [6, 6.07) is 6.39. The number of aromatic amines is 1. The van der Waals surface area contributed by atoms with E-state index in [1.807, 2.05) is 0 Å². The number of hydrogen-bond donors (Lipinski definition) is 2. The minimum atomic E-state index is -0.958. The van der Waals surface area contributed by atoms with E-state index in [0.29, 0.717) is 17.1 Å². The van der Waals surface area contributed by atoms with Gasteiger partial charge in [-0.3, -0.25) is 14.9 Å². The molecule has 0 spiro atoms. The van der Waals surface area contributed by atoms with Crippen molar-refractivity contribution in [3.63, 3.8) is 0 Å². The third kappa shape index (κ3) is 3.15. The van der Waals surface area contributed by atoms with Crippen molar-refractivity contribution in [1.82, 2.24) is 9.97 Å². The summed E-state index contributed by atoms with van der Waals surface area (Å²) >= 11 is 0. The first-order valence-corrected chi connectivity index (χ1v) is 5.53. The Kier molecular flexibility index (Phi) is 3.56. The number of aromatic nitrogens is 2. The van der Waals surface area contributed by atoms with Crippen LogP contribution in [0.25, 0.3) is 0 Å². The zero-order valence-electron chi connectivity index (χ0n) is 9.87. The van der Waals surface area contributed by atoms with Crippen molar-refractivity contribution in [2.45, 2.75) is 12.8 Å². The summed E-state index contributed by atoms with van der Waals surface area (Å²) in [7, 11) is 0. The van der Waals surface area contributed by atoms with Crippen molar-refractivity contribution < 1.29 is 14.8 Å². The Morgan fingerprint density at radius 3 is 2.84 bits per heavy atom. The maximum absolute atomic E-state index is 10.9. The first-order chi connectivity index (χ1) is 9.06. The number of carboxylic acids is 1. The molecule has 1 aromatic heterocycles. The van der Waals surface area contributed by atoms with Gasteiger partial charge in [-0.25, -0.2) is 4.98 Å². The van der Waals surface area contributed by atoms with E-state index in [4.69, 9.17) is 5.11 Å². The molecule has 0 atom stereocenters. The molecule has 2 rings (SSSR count). The fourth-order valence-corrected chi connectivity index (χ4v) is 1.77. The second kappa shape index (κ2) is 5.30. The molecule has 1 heterocycles. The minimum absolute atomic E-state index is 0.0266. The Balaban J connectivity index is 2.19. The first kappa shape index (κ1) is 12.7. The third-order valence-electron chi connectivity index (χ3n) is 2.57. The number of H-pyrrole nitrogens is 1. The number of aliphatic carboxylic acids is 1. The van der Waals surface area contributed by atoms with Crippen LogP contribution in [0.15, 0.2) is 30.5 Å². The van der Waals surface area contributed by atoms with Gasteiger partial charge in [-0.15, -0.1) is 0 Å². The molecule has 0 saturated carbocycles. The Hall–Kier alpha value is -2.70. The number of imidazole rings is 1. The van der Waals surface area contributed by atoms with Gasteiger partial charge < -0.3 is 10.1 Å². The van der Waals surface area contributed by atoms with E-state index in [1.54, 1.807) is 18.2 Å². The van der Waals surface area contributed by atoms with Crippen LogP contribution in [0.1, 0.15) is 17.1 Å². The fraction of sp³-hybridized carbons (Fsp3) is 0.167. The van der Waals surface area contributed by atoms with E-state index in [-0.39, 0.29) is 18.5 Å². The second-order valence-electron chi connectivity index (χ2n) is 3.99. The van der Waals surface area contributed by atoms with Crippen LogP contribution in [0.5, 0.6) is 0 Å². The second-order valence-corrected chi connectivity index (χ2v) is 3.99. The maximum Gasteiger partial charge on any atom is 0.309 e. The topological polar surface area (TPSA) is 109 Å². The molecule has 7 nitrogen and oxygen atoms in total. The lowest BCUT2D eigenvalue weighted by atomic mass is 10.1. The summed E-state index contributed by atoms with van der Waals surface area (Å²) in [6.45, 7) is 0. The molecule has 0 saturated heterocycles. The lowest BCUT2D eigenvalue weighted by molar-refractivity contribution is -0.385. The van der Waals surface area contributed by atoms with Gasteiger partial charge in [-0.05, 0) is 0 Å². The molecular formula is C12H11N3O4. The highest BCUT2D eigenvalue weighted by molar-refractivity contribution is 5.69. The number of carbonyl (C=O) groups is 1. The van der Waals surface area contributed by atoms with E-state index >= 15 is 0 Å². The zero-order chi connectivity index (χ0) is 13.8. The maximum atomic E-state index is 10.9. The molecule has 0 fully saturated rings. The normalized spacial score (nSPS) is 10.3. The Bertz CT molecular complexity index is 621. The van der Waals surface area contributed by atoms with Crippen molar-refractivity contribution in [3.05, 3.63) is 57.7 Å². The molecule has 2 aromatic rings. The van der Waals surface area contributed by atoms with Gasteiger partial charge in [0, 0.05) is 29.9 Å². The number of benzene rings is 1. The van der Waals surface area contributed by atoms with E-state index < -0.39 is 10.9 Å². The first-order valence-electron chi connectivity index (χ1n) is 5.53. The van der Waals surface area contributed by atoms with Gasteiger partial charge in [0.15, 0.2) is 0 Å². The largest absolute Gasteiger partial charge is 0.481 e. The van der Waals surface area contributed by atoms with Crippen molar-refractivity contribution >= 4 is 11.7 Å². The van der Waals surface area contributed by atoms with Gasteiger partial charge >= 0.3 is 5.97 Å². The standard InChI is InChI=1S/C12H11N3O4/c16-12(17)6-9-7-13-11(14-9)5-8-3-1-2-4-10(8)15(18)19/h1-4,7H,5-6H2,(H,13,14)(H,16,17). The number of hydrogen-bond acceptors (Lipinski definition) is 4. The van der Waals surface area contributed by atoms with Crippen molar-refractivity contribution in [2.75, 3.05) is 0 Å². The number of nitro benzene ring substituents is 1. The quantitative estimate of drug-likeness (QED) is 0.626. The number of rotatable bonds is 5. The van der Waals surface area contributed by atoms with Crippen LogP contribution in [-0.2, 0) is 17.6 Å². The predicted molar refractivity (Wildman–Crippen MR) is 65.8 cm³/mol. The van der Waals surface area contributed by atoms with Gasteiger partial charge in [-0.2, -0.15) is 0 Å². The number of nitrogens with one attached hydrogen (secondary N) is 1. The van der Waals surface area contributed by atoms with Gasteiger partial charge in [0.25, 0.3) is 5.69 Å². The number of nitro groups is 1. The van der Waals surface area contributed by atoms with E-state index in [1.165, 1.54) is 12.3 Å². The number of carboxylic acid groups (broad SMARTS) is 1. The zero-order valence-corrected chi connectivity index (χ0v) is 9.87. The van der Waals surface area contributed by atoms with Gasteiger partial charge in [-0.1, -0.05) is 18.2 Å². The summed E-state index contributed by atoms with van der Waals surface area (Å²) < 4.78 is 0. The average molecular weight is 261 g/mol. The van der Waals surface area contributed by atoms with Crippen molar-refractivity contribution in [2.24, 2.45) is 0 Å². The molecule has 1 aromatic carbocycles. The molecule has 0 bridgehead atoms. The highest BCUT2D eigenvalue weighted by atomic mass is 16.6. The van der Waals surface area contributed by atoms with Crippen LogP contribution in [0.4, 0.5) is 5.69 Å². The summed E-state index contributed by atoms with van der Waals surface area (Å²) in [5.74, 6) is -0.452. The average Bonchev–Trinajstić information content (AvgIpc) is 2.76. The SMILES string of the molecule is O=C(O)Cc1cnc(Cc2ccccc2[N+](=O)[O-])[nH]1. The van der Waals surface area contributed by atoms with Crippen LogP contribution < -0.4 is 0 Å². The molecule has 0 amide bonds. The molecule has 19 heavy (non-hydrogen) atoms.